The van der Waals surface area contributed by atoms with Crippen LogP contribution in [0.25, 0.3) is 0 Å². The van der Waals surface area contributed by atoms with Gasteiger partial charge in [0.15, 0.2) is 0 Å². The van der Waals surface area contributed by atoms with Gasteiger partial charge in [-0.2, -0.15) is 0 Å². The lowest BCUT2D eigenvalue weighted by Crippen LogP contribution is -2.46. The molecule has 0 amide bonds. The summed E-state index contributed by atoms with van der Waals surface area (Å²) < 4.78 is 18.9. The van der Waals surface area contributed by atoms with Crippen molar-refractivity contribution in [2.24, 2.45) is 5.73 Å². The van der Waals surface area contributed by atoms with Crippen LogP contribution in [0.2, 0.25) is 0 Å². The highest BCUT2D eigenvalue weighted by Crippen LogP contribution is 2.17. The Morgan fingerprint density at radius 1 is 1.40 bits per heavy atom. The molecule has 1 aliphatic rings. The summed E-state index contributed by atoms with van der Waals surface area (Å²) in [5.74, 6) is -0.207. The van der Waals surface area contributed by atoms with Crippen LogP contribution in [0.4, 0.5) is 10.1 Å². The Kier molecular flexibility index (Phi) is 5.76. The second kappa shape index (κ2) is 7.57. The summed E-state index contributed by atoms with van der Waals surface area (Å²) in [5.41, 5.74) is 6.63. The number of hydrogen-bond donors (Lipinski definition) is 1. The van der Waals surface area contributed by atoms with Crippen molar-refractivity contribution < 1.29 is 9.13 Å². The van der Waals surface area contributed by atoms with Gasteiger partial charge in [0.25, 0.3) is 0 Å². The Labute approximate surface area is 120 Å². The fourth-order valence-corrected chi connectivity index (χ4v) is 2.48. The quantitative estimate of drug-likeness (QED) is 0.854. The molecule has 1 aromatic carbocycles. The van der Waals surface area contributed by atoms with E-state index < -0.39 is 0 Å². The molecular weight excluding hydrogens is 257 g/mol. The third kappa shape index (κ3) is 4.44. The number of morpholine rings is 1. The maximum atomic E-state index is 13.0. The van der Waals surface area contributed by atoms with E-state index in [2.05, 4.69) is 16.8 Å². The smallest absolute Gasteiger partial charge is 0.123 e. The molecule has 1 aromatic rings. The van der Waals surface area contributed by atoms with Crippen LogP contribution in [0.3, 0.4) is 0 Å². The van der Waals surface area contributed by atoms with Crippen LogP contribution in [0.1, 0.15) is 6.42 Å². The zero-order chi connectivity index (χ0) is 14.4. The van der Waals surface area contributed by atoms with E-state index in [9.17, 15) is 4.39 Å². The molecule has 1 fully saturated rings. The molecule has 0 radical (unpaired) electrons. The lowest BCUT2D eigenvalue weighted by molar-refractivity contribution is -0.0147. The minimum Gasteiger partial charge on any atom is -0.374 e. The van der Waals surface area contributed by atoms with Crippen molar-refractivity contribution >= 4 is 5.69 Å². The maximum Gasteiger partial charge on any atom is 0.123 e. The van der Waals surface area contributed by atoms with E-state index in [1.807, 2.05) is 12.1 Å². The molecule has 1 aliphatic heterocycles. The van der Waals surface area contributed by atoms with Gasteiger partial charge in [-0.25, -0.2) is 4.39 Å². The SMILES string of the molecule is CN1CCOC(CN(CCCN)c2ccc(F)cc2)C1. The molecule has 1 atom stereocenters. The molecular formula is C15H24FN3O. The summed E-state index contributed by atoms with van der Waals surface area (Å²) >= 11 is 0. The van der Waals surface area contributed by atoms with Crippen molar-refractivity contribution in [1.29, 1.82) is 0 Å². The summed E-state index contributed by atoms with van der Waals surface area (Å²) in [7, 11) is 2.11. The molecule has 0 aromatic heterocycles. The van der Waals surface area contributed by atoms with Crippen LogP contribution in [0, 0.1) is 5.82 Å². The number of nitrogens with zero attached hydrogens (tertiary/aromatic N) is 2. The number of hydrogen-bond acceptors (Lipinski definition) is 4. The Morgan fingerprint density at radius 2 is 2.15 bits per heavy atom. The van der Waals surface area contributed by atoms with Crippen LogP contribution in [0.5, 0.6) is 0 Å². The number of nitrogens with two attached hydrogens (primary N) is 1. The molecule has 2 N–H and O–H groups in total. The second-order valence-electron chi connectivity index (χ2n) is 5.32. The normalized spacial score (nSPS) is 20.1. The van der Waals surface area contributed by atoms with Crippen LogP contribution in [0.15, 0.2) is 24.3 Å². The van der Waals surface area contributed by atoms with Gasteiger partial charge >= 0.3 is 0 Å². The predicted octanol–water partition coefficient (Wildman–Crippen LogP) is 1.31. The van der Waals surface area contributed by atoms with Crippen LogP contribution in [-0.4, -0.2) is 57.4 Å². The second-order valence-corrected chi connectivity index (χ2v) is 5.32. The van der Waals surface area contributed by atoms with Gasteiger partial charge < -0.3 is 20.3 Å². The summed E-state index contributed by atoms with van der Waals surface area (Å²) in [4.78, 5) is 4.51. The average Bonchev–Trinajstić information content (AvgIpc) is 2.44. The van der Waals surface area contributed by atoms with Crippen molar-refractivity contribution in [3.8, 4) is 0 Å². The summed E-state index contributed by atoms with van der Waals surface area (Å²) in [6.45, 7) is 5.02. The molecule has 5 heteroatoms. The highest BCUT2D eigenvalue weighted by Gasteiger charge is 2.20. The first-order chi connectivity index (χ1) is 9.69. The molecule has 1 saturated heterocycles. The van der Waals surface area contributed by atoms with Crippen molar-refractivity contribution in [1.82, 2.24) is 4.90 Å². The van der Waals surface area contributed by atoms with Crippen molar-refractivity contribution in [2.45, 2.75) is 12.5 Å². The van der Waals surface area contributed by atoms with Gasteiger partial charge in [0.05, 0.1) is 12.7 Å². The van der Waals surface area contributed by atoms with Crippen molar-refractivity contribution in [3.63, 3.8) is 0 Å². The van der Waals surface area contributed by atoms with Crippen molar-refractivity contribution in [2.75, 3.05) is 51.3 Å². The Balaban J connectivity index is 2.00. The van der Waals surface area contributed by atoms with Gasteiger partial charge in [-0.15, -0.1) is 0 Å². The zero-order valence-corrected chi connectivity index (χ0v) is 12.1. The van der Waals surface area contributed by atoms with Gasteiger partial charge in [0, 0.05) is 31.9 Å². The number of likely N-dealkylation sites (N-methyl/N-ethyl adjacent to an activating group) is 1. The summed E-state index contributed by atoms with van der Waals surface area (Å²) in [6.07, 6.45) is 1.11. The minimum absolute atomic E-state index is 0.191. The topological polar surface area (TPSA) is 41.7 Å². The molecule has 112 valence electrons. The van der Waals surface area contributed by atoms with E-state index in [1.54, 1.807) is 0 Å². The number of benzene rings is 1. The number of anilines is 1. The number of halogens is 1. The van der Waals surface area contributed by atoms with Crippen LogP contribution in [-0.2, 0) is 4.74 Å². The lowest BCUT2D eigenvalue weighted by Gasteiger charge is -2.35. The Bertz CT molecular complexity index is 399. The van der Waals surface area contributed by atoms with E-state index in [4.69, 9.17) is 10.5 Å². The third-order valence-corrected chi connectivity index (χ3v) is 3.59. The third-order valence-electron chi connectivity index (χ3n) is 3.59. The molecule has 2 rings (SSSR count). The predicted molar refractivity (Wildman–Crippen MR) is 79.5 cm³/mol. The molecule has 0 saturated carbocycles. The van der Waals surface area contributed by atoms with Gasteiger partial charge in [-0.1, -0.05) is 0 Å². The maximum absolute atomic E-state index is 13.0. The first-order valence-corrected chi connectivity index (χ1v) is 7.20. The highest BCUT2D eigenvalue weighted by atomic mass is 19.1. The lowest BCUT2D eigenvalue weighted by atomic mass is 10.2. The van der Waals surface area contributed by atoms with Crippen LogP contribution < -0.4 is 10.6 Å². The zero-order valence-electron chi connectivity index (χ0n) is 12.1. The molecule has 0 bridgehead atoms. The molecule has 0 spiro atoms. The Hall–Kier alpha value is -1.17. The number of ether oxygens (including phenoxy) is 1. The van der Waals surface area contributed by atoms with E-state index in [1.165, 1.54) is 12.1 Å². The summed E-state index contributed by atoms with van der Waals surface area (Å²) in [6, 6.07) is 6.63. The minimum atomic E-state index is -0.207. The van der Waals surface area contributed by atoms with E-state index in [0.717, 1.165) is 44.9 Å². The van der Waals surface area contributed by atoms with Crippen molar-refractivity contribution in [3.05, 3.63) is 30.1 Å². The van der Waals surface area contributed by atoms with Gasteiger partial charge in [-0.05, 0) is 44.3 Å². The van der Waals surface area contributed by atoms with E-state index >= 15 is 0 Å². The average molecular weight is 281 g/mol. The highest BCUT2D eigenvalue weighted by molar-refractivity contribution is 5.46. The van der Waals surface area contributed by atoms with Gasteiger partial charge in [0.2, 0.25) is 0 Å². The van der Waals surface area contributed by atoms with E-state index in [-0.39, 0.29) is 11.9 Å². The molecule has 1 unspecified atom stereocenters. The standard InChI is InChI=1S/C15H24FN3O/c1-18-9-10-20-15(11-18)12-19(8-2-7-17)14-5-3-13(16)4-6-14/h3-6,15H,2,7-12,17H2,1H3. The first-order valence-electron chi connectivity index (χ1n) is 7.20. The molecule has 20 heavy (non-hydrogen) atoms. The molecule has 1 heterocycles. The van der Waals surface area contributed by atoms with Gasteiger partial charge in [-0.3, -0.25) is 0 Å². The van der Waals surface area contributed by atoms with Crippen LogP contribution >= 0.6 is 0 Å². The monoisotopic (exact) mass is 281 g/mol. The summed E-state index contributed by atoms with van der Waals surface area (Å²) in [5, 5.41) is 0. The molecule has 0 aliphatic carbocycles. The van der Waals surface area contributed by atoms with Gasteiger partial charge in [0.1, 0.15) is 5.82 Å². The fraction of sp³-hybridized carbons (Fsp3) is 0.600. The largest absolute Gasteiger partial charge is 0.374 e. The molecule has 4 nitrogen and oxygen atoms in total. The fourth-order valence-electron chi connectivity index (χ4n) is 2.48. The first kappa shape index (κ1) is 15.2. The van der Waals surface area contributed by atoms with E-state index in [0.29, 0.717) is 6.54 Å². The Morgan fingerprint density at radius 3 is 2.80 bits per heavy atom. The number of rotatable bonds is 6.